The lowest BCUT2D eigenvalue weighted by Gasteiger charge is -2.28. The van der Waals surface area contributed by atoms with E-state index >= 15 is 0 Å². The number of hydrogen-bond acceptors (Lipinski definition) is 6. The quantitative estimate of drug-likeness (QED) is 0.294. The molecule has 0 aliphatic carbocycles. The Morgan fingerprint density at radius 3 is 2.24 bits per heavy atom. The van der Waals surface area contributed by atoms with Crippen LogP contribution in [0, 0.1) is 11.8 Å². The van der Waals surface area contributed by atoms with Crippen LogP contribution in [0.15, 0.2) is 48.5 Å². The molecule has 1 fully saturated rings. The summed E-state index contributed by atoms with van der Waals surface area (Å²) in [6.07, 6.45) is 1.06. The summed E-state index contributed by atoms with van der Waals surface area (Å²) < 4.78 is 5.50. The molecule has 1 unspecified atom stereocenters. The van der Waals surface area contributed by atoms with Crippen LogP contribution in [-0.2, 0) is 16.1 Å². The Kier molecular flexibility index (Phi) is 8.79. The van der Waals surface area contributed by atoms with Crippen LogP contribution in [0.2, 0.25) is 0 Å². The minimum absolute atomic E-state index is 0.300. The molecule has 1 heterocycles. The number of benzene rings is 2. The van der Waals surface area contributed by atoms with E-state index in [1.165, 1.54) is 24.9 Å². The molecule has 4 N–H and O–H groups in total. The smallest absolute Gasteiger partial charge is 0.268 e. The molecule has 8 nitrogen and oxygen atoms in total. The zero-order valence-electron chi connectivity index (χ0n) is 19.5. The van der Waals surface area contributed by atoms with E-state index in [0.717, 1.165) is 50.4 Å². The standard InChI is InChI=1S/C26H31N3O5/c1-26(2,32)23(25(31)28-33)27-24(30)22-12-10-20(11-13-22)5-4-19-6-8-21(9-7-19)18-29-14-3-16-34-17-15-29/h6-13,23,32-33H,3,14-18H2,1-2H3,(H,27,30)(H,28,31). The first kappa shape index (κ1) is 25.4. The molecule has 1 aliphatic rings. The summed E-state index contributed by atoms with van der Waals surface area (Å²) in [5.41, 5.74) is 3.06. The maximum Gasteiger partial charge on any atom is 0.268 e. The van der Waals surface area contributed by atoms with Crippen LogP contribution >= 0.6 is 0 Å². The van der Waals surface area contributed by atoms with E-state index in [4.69, 9.17) is 9.94 Å². The summed E-state index contributed by atoms with van der Waals surface area (Å²) in [7, 11) is 0. The second-order valence-corrected chi connectivity index (χ2v) is 8.80. The number of carbonyl (C=O) groups is 2. The van der Waals surface area contributed by atoms with Crippen LogP contribution in [0.25, 0.3) is 0 Å². The highest BCUT2D eigenvalue weighted by Gasteiger charge is 2.34. The van der Waals surface area contributed by atoms with E-state index in [9.17, 15) is 14.7 Å². The Hall–Kier alpha value is -3.22. The van der Waals surface area contributed by atoms with Crippen molar-refractivity contribution in [3.63, 3.8) is 0 Å². The van der Waals surface area contributed by atoms with Crippen LogP contribution in [0.4, 0.5) is 0 Å². The summed E-state index contributed by atoms with van der Waals surface area (Å²) in [6.45, 7) is 7.23. The van der Waals surface area contributed by atoms with Gasteiger partial charge in [0.2, 0.25) is 0 Å². The number of ether oxygens (including phenoxy) is 1. The first-order valence-electron chi connectivity index (χ1n) is 11.2. The molecular weight excluding hydrogens is 434 g/mol. The van der Waals surface area contributed by atoms with Crippen molar-refractivity contribution >= 4 is 11.8 Å². The number of hydroxylamine groups is 1. The van der Waals surface area contributed by atoms with Crippen molar-refractivity contribution < 1.29 is 24.6 Å². The fraction of sp³-hybridized carbons (Fsp3) is 0.385. The molecule has 8 heteroatoms. The zero-order chi connectivity index (χ0) is 24.6. The molecule has 0 bridgehead atoms. The molecule has 180 valence electrons. The summed E-state index contributed by atoms with van der Waals surface area (Å²) in [4.78, 5) is 26.6. The number of amides is 2. The average Bonchev–Trinajstić information content (AvgIpc) is 3.09. The minimum atomic E-state index is -1.56. The Morgan fingerprint density at radius 2 is 1.65 bits per heavy atom. The first-order valence-corrected chi connectivity index (χ1v) is 11.2. The number of hydrogen-bond donors (Lipinski definition) is 4. The first-order chi connectivity index (χ1) is 16.3. The van der Waals surface area contributed by atoms with Crippen LogP contribution in [-0.4, -0.2) is 65.0 Å². The number of nitrogens with one attached hydrogen (secondary N) is 2. The van der Waals surface area contributed by atoms with Gasteiger partial charge in [0.1, 0.15) is 6.04 Å². The SMILES string of the molecule is CC(C)(O)C(NC(=O)c1ccc(C#Cc2ccc(CN3CCCOCC3)cc2)cc1)C(=O)NO. The summed E-state index contributed by atoms with van der Waals surface area (Å²) in [5.74, 6) is 4.75. The van der Waals surface area contributed by atoms with Crippen LogP contribution in [0.5, 0.6) is 0 Å². The van der Waals surface area contributed by atoms with Gasteiger partial charge in [-0.25, -0.2) is 5.48 Å². The number of aliphatic hydroxyl groups is 1. The third-order valence-electron chi connectivity index (χ3n) is 5.53. The fourth-order valence-electron chi connectivity index (χ4n) is 3.60. The number of carbonyl (C=O) groups excluding carboxylic acids is 2. The van der Waals surface area contributed by atoms with Crippen molar-refractivity contribution in [3.8, 4) is 11.8 Å². The lowest BCUT2D eigenvalue weighted by atomic mass is 9.97. The fourth-order valence-corrected chi connectivity index (χ4v) is 3.60. The highest BCUT2D eigenvalue weighted by Crippen LogP contribution is 2.12. The van der Waals surface area contributed by atoms with Gasteiger partial charge < -0.3 is 15.2 Å². The third-order valence-corrected chi connectivity index (χ3v) is 5.53. The molecule has 2 aromatic carbocycles. The molecule has 2 aromatic rings. The lowest BCUT2D eigenvalue weighted by Crippen LogP contribution is -2.57. The monoisotopic (exact) mass is 465 g/mol. The predicted molar refractivity (Wildman–Crippen MR) is 127 cm³/mol. The second kappa shape index (κ2) is 11.8. The summed E-state index contributed by atoms with van der Waals surface area (Å²) >= 11 is 0. The van der Waals surface area contributed by atoms with E-state index in [1.807, 2.05) is 12.1 Å². The van der Waals surface area contributed by atoms with Gasteiger partial charge in [0, 0.05) is 42.9 Å². The molecular formula is C26H31N3O5. The molecule has 34 heavy (non-hydrogen) atoms. The van der Waals surface area contributed by atoms with Gasteiger partial charge >= 0.3 is 0 Å². The molecule has 1 atom stereocenters. The lowest BCUT2D eigenvalue weighted by molar-refractivity contribution is -0.136. The Bertz CT molecular complexity index is 1030. The topological polar surface area (TPSA) is 111 Å². The van der Waals surface area contributed by atoms with Gasteiger partial charge in [-0.1, -0.05) is 24.0 Å². The average molecular weight is 466 g/mol. The van der Waals surface area contributed by atoms with Crippen molar-refractivity contribution in [1.82, 2.24) is 15.7 Å². The van der Waals surface area contributed by atoms with Gasteiger partial charge in [0.25, 0.3) is 11.8 Å². The summed E-state index contributed by atoms with van der Waals surface area (Å²) in [5, 5.41) is 21.4. The van der Waals surface area contributed by atoms with E-state index in [-0.39, 0.29) is 0 Å². The molecule has 2 amide bonds. The Labute approximate surface area is 199 Å². The normalized spacial score (nSPS) is 15.4. The van der Waals surface area contributed by atoms with Gasteiger partial charge in [-0.15, -0.1) is 0 Å². The van der Waals surface area contributed by atoms with Crippen molar-refractivity contribution in [1.29, 1.82) is 0 Å². The van der Waals surface area contributed by atoms with Gasteiger partial charge in [-0.2, -0.15) is 0 Å². The molecule has 0 radical (unpaired) electrons. The van der Waals surface area contributed by atoms with Crippen molar-refractivity contribution in [2.24, 2.45) is 0 Å². The van der Waals surface area contributed by atoms with Crippen molar-refractivity contribution in [2.75, 3.05) is 26.3 Å². The van der Waals surface area contributed by atoms with Crippen LogP contribution < -0.4 is 10.8 Å². The van der Waals surface area contributed by atoms with Crippen molar-refractivity contribution in [3.05, 3.63) is 70.8 Å². The predicted octanol–water partition coefficient (Wildman–Crippen LogP) is 1.68. The zero-order valence-corrected chi connectivity index (χ0v) is 19.5. The van der Waals surface area contributed by atoms with Gasteiger partial charge in [0.15, 0.2) is 0 Å². The summed E-state index contributed by atoms with van der Waals surface area (Å²) in [6, 6.07) is 13.5. The van der Waals surface area contributed by atoms with Crippen LogP contribution in [0.3, 0.4) is 0 Å². The van der Waals surface area contributed by atoms with E-state index in [2.05, 4.69) is 34.2 Å². The molecule has 3 rings (SSSR count). The number of nitrogens with zero attached hydrogens (tertiary/aromatic N) is 1. The molecule has 1 aliphatic heterocycles. The van der Waals surface area contributed by atoms with E-state index in [0.29, 0.717) is 5.56 Å². The van der Waals surface area contributed by atoms with E-state index < -0.39 is 23.5 Å². The van der Waals surface area contributed by atoms with Crippen LogP contribution in [0.1, 0.15) is 47.3 Å². The molecule has 0 spiro atoms. The molecule has 1 saturated heterocycles. The Balaban J connectivity index is 1.60. The molecule has 0 saturated carbocycles. The van der Waals surface area contributed by atoms with Gasteiger partial charge in [0.05, 0.1) is 12.2 Å². The van der Waals surface area contributed by atoms with Crippen molar-refractivity contribution in [2.45, 2.75) is 38.5 Å². The Morgan fingerprint density at radius 1 is 1.03 bits per heavy atom. The third kappa shape index (κ3) is 7.40. The maximum absolute atomic E-state index is 12.5. The van der Waals surface area contributed by atoms with Gasteiger partial charge in [-0.3, -0.25) is 19.7 Å². The largest absolute Gasteiger partial charge is 0.388 e. The second-order valence-electron chi connectivity index (χ2n) is 8.80. The highest BCUT2D eigenvalue weighted by atomic mass is 16.5. The number of rotatable bonds is 6. The van der Waals surface area contributed by atoms with Gasteiger partial charge in [-0.05, 0) is 62.2 Å². The minimum Gasteiger partial charge on any atom is -0.388 e. The molecule has 0 aromatic heterocycles. The maximum atomic E-state index is 12.5. The highest BCUT2D eigenvalue weighted by molar-refractivity contribution is 5.97. The van der Waals surface area contributed by atoms with E-state index in [1.54, 1.807) is 24.3 Å².